The van der Waals surface area contributed by atoms with Gasteiger partial charge in [0.2, 0.25) is 0 Å². The highest BCUT2D eigenvalue weighted by molar-refractivity contribution is 8.08. The van der Waals surface area contributed by atoms with Crippen molar-refractivity contribution in [3.8, 4) is 0 Å². The largest absolute Gasteiger partial charge is 0.148 e. The highest BCUT2D eigenvalue weighted by Gasteiger charge is 2.05. The molecule has 0 aliphatic heterocycles. The smallest absolute Gasteiger partial charge is 0.0258 e. The summed E-state index contributed by atoms with van der Waals surface area (Å²) in [6, 6.07) is 12.7. The first-order chi connectivity index (χ1) is 9.81. The van der Waals surface area contributed by atoms with Crippen LogP contribution in [-0.2, 0) is 0 Å². The van der Waals surface area contributed by atoms with E-state index in [1.54, 1.807) is 11.3 Å². The average molecular weight is 307 g/mol. The van der Waals surface area contributed by atoms with E-state index in [9.17, 15) is 0 Å². The van der Waals surface area contributed by atoms with Gasteiger partial charge in [-0.1, -0.05) is 75.9 Å². The molecule has 0 amide bonds. The van der Waals surface area contributed by atoms with Gasteiger partial charge in [-0.2, -0.15) is 0 Å². The molecule has 0 N–H and O–H groups in total. The van der Waals surface area contributed by atoms with E-state index >= 15 is 0 Å². The molecular weight excluding hydrogens is 280 g/mol. The zero-order chi connectivity index (χ0) is 15.4. The van der Waals surface area contributed by atoms with E-state index in [1.807, 2.05) is 39.5 Å². The number of thiophene rings is 1. The molecule has 0 unspecified atom stereocenters. The van der Waals surface area contributed by atoms with Gasteiger partial charge in [0, 0.05) is 14.7 Å². The van der Waals surface area contributed by atoms with Gasteiger partial charge in [0.05, 0.1) is 0 Å². The van der Waals surface area contributed by atoms with Crippen molar-refractivity contribution in [1.82, 2.24) is 0 Å². The minimum atomic E-state index is 1.29. The van der Waals surface area contributed by atoms with E-state index in [0.717, 1.165) is 0 Å². The Balaban J connectivity index is 0.000000829. The Morgan fingerprint density at radius 3 is 2.05 bits per heavy atom. The second-order valence-electron chi connectivity index (χ2n) is 3.46. The van der Waals surface area contributed by atoms with Gasteiger partial charge in [0.1, 0.15) is 0 Å². The fourth-order valence-electron chi connectivity index (χ4n) is 1.48. The number of aryl methyl sites for hydroxylation is 1. The fourth-order valence-corrected chi connectivity index (χ4v) is 3.32. The van der Waals surface area contributed by atoms with Crippen LogP contribution in [0.1, 0.15) is 45.1 Å². The molecule has 0 spiro atoms. The average Bonchev–Trinajstić information content (AvgIpc) is 2.95. The number of hydrogen-bond acceptors (Lipinski definition) is 2. The maximum absolute atomic E-state index is 2.19. The Morgan fingerprint density at radius 1 is 1.00 bits per heavy atom. The molecular formula is C18H26S2. The summed E-state index contributed by atoms with van der Waals surface area (Å²) in [5, 5.41) is 2.15. The van der Waals surface area contributed by atoms with Crippen LogP contribution in [0, 0.1) is 6.92 Å². The minimum absolute atomic E-state index is 1.29. The predicted octanol–water partition coefficient (Wildman–Crippen LogP) is 7.26. The van der Waals surface area contributed by atoms with Gasteiger partial charge in [-0.05, 0) is 30.9 Å². The number of allylic oxidation sites excluding steroid dienone is 1. The second-order valence-corrected chi connectivity index (χ2v) is 5.67. The van der Waals surface area contributed by atoms with Crippen LogP contribution in [0.15, 0.2) is 52.7 Å². The van der Waals surface area contributed by atoms with Crippen molar-refractivity contribution in [2.75, 3.05) is 0 Å². The first kappa shape index (κ1) is 19.0. The van der Waals surface area contributed by atoms with E-state index in [4.69, 9.17) is 0 Å². The zero-order valence-corrected chi connectivity index (χ0v) is 15.1. The lowest BCUT2D eigenvalue weighted by molar-refractivity contribution is 1.43. The quantitative estimate of drug-likeness (QED) is 0.538. The Hall–Kier alpha value is -0.990. The fraction of sp³-hybridized carbons (Fsp3) is 0.333. The van der Waals surface area contributed by atoms with Gasteiger partial charge in [-0.25, -0.2) is 0 Å². The topological polar surface area (TPSA) is 0 Å². The monoisotopic (exact) mass is 306 g/mol. The van der Waals surface area contributed by atoms with Crippen LogP contribution < -0.4 is 0 Å². The van der Waals surface area contributed by atoms with Gasteiger partial charge < -0.3 is 0 Å². The van der Waals surface area contributed by atoms with E-state index in [1.165, 1.54) is 20.2 Å². The van der Waals surface area contributed by atoms with Gasteiger partial charge in [0.25, 0.3) is 0 Å². The maximum Gasteiger partial charge on any atom is 0.0258 e. The molecule has 0 fully saturated rings. The molecule has 0 aliphatic carbocycles. The SMILES string of the molecule is C/C=C(\Sc1ccsc1C)c1ccccc1.CC.CC. The van der Waals surface area contributed by atoms with Gasteiger partial charge >= 0.3 is 0 Å². The van der Waals surface area contributed by atoms with Crippen LogP contribution >= 0.6 is 23.1 Å². The lowest BCUT2D eigenvalue weighted by Crippen LogP contribution is -1.79. The zero-order valence-electron chi connectivity index (χ0n) is 13.4. The maximum atomic E-state index is 2.19. The molecule has 0 radical (unpaired) electrons. The van der Waals surface area contributed by atoms with Crippen LogP contribution in [0.25, 0.3) is 4.91 Å². The number of rotatable bonds is 3. The van der Waals surface area contributed by atoms with Gasteiger partial charge in [0.15, 0.2) is 0 Å². The summed E-state index contributed by atoms with van der Waals surface area (Å²) >= 11 is 3.65. The second kappa shape index (κ2) is 11.8. The van der Waals surface area contributed by atoms with E-state index in [-0.39, 0.29) is 0 Å². The first-order valence-corrected chi connectivity index (χ1v) is 8.94. The summed E-state index contributed by atoms with van der Waals surface area (Å²) in [4.78, 5) is 4.07. The van der Waals surface area contributed by atoms with Crippen molar-refractivity contribution in [2.24, 2.45) is 0 Å². The first-order valence-electron chi connectivity index (χ1n) is 7.25. The van der Waals surface area contributed by atoms with Gasteiger partial charge in [-0.3, -0.25) is 0 Å². The molecule has 20 heavy (non-hydrogen) atoms. The summed E-state index contributed by atoms with van der Waals surface area (Å²) < 4.78 is 0. The summed E-state index contributed by atoms with van der Waals surface area (Å²) in [5.74, 6) is 0. The Bertz CT molecular complexity index is 481. The Kier molecular flexibility index (Phi) is 11.2. The van der Waals surface area contributed by atoms with E-state index in [0.29, 0.717) is 0 Å². The summed E-state index contributed by atoms with van der Waals surface area (Å²) in [7, 11) is 0. The summed E-state index contributed by atoms with van der Waals surface area (Å²) in [5.41, 5.74) is 1.29. The molecule has 0 saturated heterocycles. The number of thioether (sulfide) groups is 1. The van der Waals surface area contributed by atoms with Crippen molar-refractivity contribution < 1.29 is 0 Å². The normalized spacial score (nSPS) is 10.0. The van der Waals surface area contributed by atoms with Crippen LogP contribution in [0.2, 0.25) is 0 Å². The highest BCUT2D eigenvalue weighted by atomic mass is 32.2. The van der Waals surface area contributed by atoms with E-state index < -0.39 is 0 Å². The third kappa shape index (κ3) is 5.98. The van der Waals surface area contributed by atoms with Crippen molar-refractivity contribution in [2.45, 2.75) is 46.4 Å². The lowest BCUT2D eigenvalue weighted by Gasteiger charge is -2.06. The third-order valence-electron chi connectivity index (χ3n) is 2.35. The molecule has 0 aliphatic rings. The molecule has 2 rings (SSSR count). The Morgan fingerprint density at radius 2 is 1.60 bits per heavy atom. The van der Waals surface area contributed by atoms with Crippen LogP contribution in [-0.4, -0.2) is 0 Å². The molecule has 110 valence electrons. The minimum Gasteiger partial charge on any atom is -0.148 e. The van der Waals surface area contributed by atoms with Crippen molar-refractivity contribution in [3.05, 3.63) is 58.3 Å². The van der Waals surface area contributed by atoms with Crippen molar-refractivity contribution >= 4 is 28.0 Å². The molecule has 0 bridgehead atoms. The van der Waals surface area contributed by atoms with Gasteiger partial charge in [-0.15, -0.1) is 11.3 Å². The molecule has 1 aromatic heterocycles. The number of benzene rings is 1. The van der Waals surface area contributed by atoms with E-state index in [2.05, 4.69) is 61.7 Å². The molecule has 1 aromatic carbocycles. The van der Waals surface area contributed by atoms with Crippen LogP contribution in [0.4, 0.5) is 0 Å². The molecule has 0 atom stereocenters. The molecule has 0 nitrogen and oxygen atoms in total. The molecule has 2 heteroatoms. The van der Waals surface area contributed by atoms with Crippen molar-refractivity contribution in [3.63, 3.8) is 0 Å². The Labute approximate surface area is 132 Å². The molecule has 2 aromatic rings. The predicted molar refractivity (Wildman–Crippen MR) is 97.7 cm³/mol. The standard InChI is InChI=1S/C14H14S2.2C2H6/c1-3-13(12-7-5-4-6-8-12)16-14-9-10-15-11(14)2;2*1-2/h3-10H,1-2H3;2*1-2H3/b13-3-;;. The summed E-state index contributed by atoms with van der Waals surface area (Å²) in [6.45, 7) is 12.3. The van der Waals surface area contributed by atoms with Crippen LogP contribution in [0.3, 0.4) is 0 Å². The van der Waals surface area contributed by atoms with Crippen molar-refractivity contribution in [1.29, 1.82) is 0 Å². The molecule has 0 saturated carbocycles. The van der Waals surface area contributed by atoms with Crippen LogP contribution in [0.5, 0.6) is 0 Å². The number of hydrogen-bond donors (Lipinski definition) is 0. The molecule has 1 heterocycles. The highest BCUT2D eigenvalue weighted by Crippen LogP contribution is 2.37. The lowest BCUT2D eigenvalue weighted by atomic mass is 10.2. The summed E-state index contributed by atoms with van der Waals surface area (Å²) in [6.07, 6.45) is 2.18. The third-order valence-corrected chi connectivity index (χ3v) is 4.68.